The molecular weight excluding hydrogens is 276 g/mol. The van der Waals surface area contributed by atoms with Crippen molar-refractivity contribution < 1.29 is 13.2 Å². The second-order valence-corrected chi connectivity index (χ2v) is 6.68. The summed E-state index contributed by atoms with van der Waals surface area (Å²) >= 11 is 0. The van der Waals surface area contributed by atoms with E-state index in [-0.39, 0.29) is 5.92 Å². The monoisotopic (exact) mass is 298 g/mol. The molecule has 1 aromatic carbocycles. The van der Waals surface area contributed by atoms with Crippen molar-refractivity contribution in [3.63, 3.8) is 0 Å². The summed E-state index contributed by atoms with van der Waals surface area (Å²) in [6.45, 7) is 5.60. The second kappa shape index (κ2) is 6.56. The fourth-order valence-electron chi connectivity index (χ4n) is 2.40. The van der Waals surface area contributed by atoms with Crippen LogP contribution in [0.3, 0.4) is 0 Å². The average Bonchev–Trinajstić information content (AvgIpc) is 2.46. The number of hydrogen-bond donors (Lipinski definition) is 1. The minimum atomic E-state index is -3.37. The van der Waals surface area contributed by atoms with Gasteiger partial charge in [0.2, 0.25) is 0 Å². The molecule has 1 atom stereocenters. The van der Waals surface area contributed by atoms with Crippen molar-refractivity contribution in [1.82, 2.24) is 9.03 Å². The average molecular weight is 298 g/mol. The molecule has 1 aliphatic heterocycles. The van der Waals surface area contributed by atoms with Crippen LogP contribution in [0.5, 0.6) is 5.75 Å². The maximum atomic E-state index is 12.1. The van der Waals surface area contributed by atoms with E-state index in [0.29, 0.717) is 26.2 Å². The van der Waals surface area contributed by atoms with E-state index >= 15 is 0 Å². The minimum absolute atomic E-state index is 0.176. The van der Waals surface area contributed by atoms with Gasteiger partial charge in [0.1, 0.15) is 5.75 Å². The molecule has 0 unspecified atom stereocenters. The Kier molecular flexibility index (Phi) is 5.01. The number of benzene rings is 1. The van der Waals surface area contributed by atoms with Crippen molar-refractivity contribution >= 4 is 10.2 Å². The Morgan fingerprint density at radius 3 is 2.70 bits per heavy atom. The fraction of sp³-hybridized carbons (Fsp3) is 0.571. The first kappa shape index (κ1) is 15.3. The maximum Gasteiger partial charge on any atom is 0.279 e. The summed E-state index contributed by atoms with van der Waals surface area (Å²) in [5.41, 5.74) is 1.14. The van der Waals surface area contributed by atoms with Crippen LogP contribution in [0.2, 0.25) is 0 Å². The summed E-state index contributed by atoms with van der Waals surface area (Å²) in [5.74, 6) is 1.09. The fourth-order valence-corrected chi connectivity index (χ4v) is 3.71. The first-order valence-corrected chi connectivity index (χ1v) is 8.46. The van der Waals surface area contributed by atoms with Gasteiger partial charge in [0.15, 0.2) is 0 Å². The topological polar surface area (TPSA) is 58.6 Å². The van der Waals surface area contributed by atoms with E-state index in [2.05, 4.69) is 4.72 Å². The van der Waals surface area contributed by atoms with Gasteiger partial charge in [-0.05, 0) is 18.1 Å². The zero-order chi connectivity index (χ0) is 14.6. The highest BCUT2D eigenvalue weighted by Gasteiger charge is 2.23. The molecular formula is C14H22N2O3S. The van der Waals surface area contributed by atoms with Gasteiger partial charge in [-0.25, -0.2) is 4.72 Å². The van der Waals surface area contributed by atoms with Crippen molar-refractivity contribution in [2.24, 2.45) is 5.92 Å². The number of nitrogens with one attached hydrogen (secondary N) is 1. The summed E-state index contributed by atoms with van der Waals surface area (Å²) in [6.07, 6.45) is 0.844. The van der Waals surface area contributed by atoms with Crippen molar-refractivity contribution in [2.75, 3.05) is 26.2 Å². The molecule has 5 nitrogen and oxygen atoms in total. The van der Waals surface area contributed by atoms with Crippen molar-refractivity contribution in [2.45, 2.75) is 20.3 Å². The Bertz CT molecular complexity index is 541. The first-order valence-electron chi connectivity index (χ1n) is 7.02. The lowest BCUT2D eigenvalue weighted by Gasteiger charge is -2.26. The number of hydrogen-bond acceptors (Lipinski definition) is 3. The quantitative estimate of drug-likeness (QED) is 0.864. The van der Waals surface area contributed by atoms with E-state index in [1.807, 2.05) is 38.1 Å². The van der Waals surface area contributed by atoms with Gasteiger partial charge in [-0.1, -0.05) is 32.0 Å². The van der Waals surface area contributed by atoms with Crippen LogP contribution in [0.1, 0.15) is 19.4 Å². The highest BCUT2D eigenvalue weighted by Crippen LogP contribution is 2.26. The van der Waals surface area contributed by atoms with E-state index in [0.717, 1.165) is 17.7 Å². The molecule has 6 heteroatoms. The van der Waals surface area contributed by atoms with Crippen LogP contribution in [0.25, 0.3) is 0 Å². The van der Waals surface area contributed by atoms with Crippen LogP contribution < -0.4 is 9.46 Å². The Morgan fingerprint density at radius 2 is 2.00 bits per heavy atom. The normalized spacial score (nSPS) is 18.6. The Morgan fingerprint density at radius 1 is 1.30 bits per heavy atom. The molecule has 0 saturated heterocycles. The van der Waals surface area contributed by atoms with Crippen LogP contribution in [-0.4, -0.2) is 39.0 Å². The minimum Gasteiger partial charge on any atom is -0.493 e. The third kappa shape index (κ3) is 3.50. The van der Waals surface area contributed by atoms with Gasteiger partial charge >= 0.3 is 0 Å². The highest BCUT2D eigenvalue weighted by atomic mass is 32.2. The van der Waals surface area contributed by atoms with Crippen molar-refractivity contribution in [1.29, 1.82) is 0 Å². The zero-order valence-electron chi connectivity index (χ0n) is 12.0. The third-order valence-electron chi connectivity index (χ3n) is 3.56. The van der Waals surface area contributed by atoms with Gasteiger partial charge in [-0.15, -0.1) is 0 Å². The van der Waals surface area contributed by atoms with Crippen LogP contribution in [0, 0.1) is 5.92 Å². The molecule has 0 aliphatic carbocycles. The van der Waals surface area contributed by atoms with E-state index in [4.69, 9.17) is 4.74 Å². The summed E-state index contributed by atoms with van der Waals surface area (Å²) in [5, 5.41) is 0. The smallest absolute Gasteiger partial charge is 0.279 e. The number of nitrogens with zero attached hydrogens (tertiary/aromatic N) is 1. The Labute approximate surface area is 121 Å². The Balaban J connectivity index is 1.93. The van der Waals surface area contributed by atoms with E-state index in [1.54, 1.807) is 0 Å². The highest BCUT2D eigenvalue weighted by molar-refractivity contribution is 7.87. The lowest BCUT2D eigenvalue weighted by Crippen LogP contribution is -2.43. The van der Waals surface area contributed by atoms with E-state index in [1.165, 1.54) is 4.31 Å². The molecule has 0 bridgehead atoms. The van der Waals surface area contributed by atoms with E-state index < -0.39 is 10.2 Å². The summed E-state index contributed by atoms with van der Waals surface area (Å²) in [7, 11) is -3.37. The summed E-state index contributed by atoms with van der Waals surface area (Å²) < 4.78 is 33.9. The van der Waals surface area contributed by atoms with Gasteiger partial charge in [-0.2, -0.15) is 12.7 Å². The molecule has 0 fully saturated rings. The molecule has 112 valence electrons. The van der Waals surface area contributed by atoms with E-state index in [9.17, 15) is 8.42 Å². The predicted molar refractivity (Wildman–Crippen MR) is 79.0 cm³/mol. The van der Waals surface area contributed by atoms with Gasteiger partial charge in [0.25, 0.3) is 10.2 Å². The molecule has 0 aromatic heterocycles. The molecule has 0 radical (unpaired) electrons. The zero-order valence-corrected chi connectivity index (χ0v) is 12.8. The molecule has 1 aliphatic rings. The number of para-hydroxylation sites is 1. The standard InChI is InChI=1S/C14H22N2O3S/c1-3-16(4-2)20(17,18)15-10-12-9-13-7-5-6-8-14(13)19-11-12/h5-8,12,15H,3-4,9-11H2,1-2H3/t12-/m1/s1. The number of rotatable bonds is 6. The molecule has 1 N–H and O–H groups in total. The Hall–Kier alpha value is -1.11. The third-order valence-corrected chi connectivity index (χ3v) is 5.28. The van der Waals surface area contributed by atoms with Gasteiger partial charge in [0, 0.05) is 25.6 Å². The van der Waals surface area contributed by atoms with Crippen LogP contribution in [0.4, 0.5) is 0 Å². The number of fused-ring (bicyclic) bond motifs is 1. The molecule has 0 amide bonds. The van der Waals surface area contributed by atoms with Crippen molar-refractivity contribution in [3.05, 3.63) is 29.8 Å². The molecule has 0 saturated carbocycles. The largest absolute Gasteiger partial charge is 0.493 e. The molecule has 20 heavy (non-hydrogen) atoms. The molecule has 1 aromatic rings. The maximum absolute atomic E-state index is 12.1. The summed E-state index contributed by atoms with van der Waals surface area (Å²) in [4.78, 5) is 0. The van der Waals surface area contributed by atoms with Gasteiger partial charge in [0.05, 0.1) is 6.61 Å². The van der Waals surface area contributed by atoms with Crippen LogP contribution in [-0.2, 0) is 16.6 Å². The molecule has 1 heterocycles. The summed E-state index contributed by atoms with van der Waals surface area (Å²) in [6, 6.07) is 7.90. The number of ether oxygens (including phenoxy) is 1. The van der Waals surface area contributed by atoms with Gasteiger partial charge < -0.3 is 4.74 Å². The van der Waals surface area contributed by atoms with Gasteiger partial charge in [-0.3, -0.25) is 0 Å². The van der Waals surface area contributed by atoms with Crippen LogP contribution >= 0.6 is 0 Å². The van der Waals surface area contributed by atoms with Crippen molar-refractivity contribution in [3.8, 4) is 5.75 Å². The SMILES string of the molecule is CCN(CC)S(=O)(=O)NC[C@@H]1COc2ccccc2C1. The predicted octanol–water partition coefficient (Wildman–Crippen LogP) is 1.41. The second-order valence-electron chi connectivity index (χ2n) is 4.93. The molecule has 2 rings (SSSR count). The van der Waals surface area contributed by atoms with Crippen LogP contribution in [0.15, 0.2) is 24.3 Å². The lowest BCUT2D eigenvalue weighted by atomic mass is 9.97. The lowest BCUT2D eigenvalue weighted by molar-refractivity contribution is 0.222. The molecule has 0 spiro atoms. The first-order chi connectivity index (χ1) is 9.56.